The van der Waals surface area contributed by atoms with Crippen molar-refractivity contribution >= 4 is 11.8 Å². The number of anilines is 1. The van der Waals surface area contributed by atoms with Crippen LogP contribution in [0.4, 0.5) is 5.82 Å². The molecule has 6 heteroatoms. The van der Waals surface area contributed by atoms with Gasteiger partial charge in [0.25, 0.3) is 0 Å². The Morgan fingerprint density at radius 3 is 2.69 bits per heavy atom. The lowest BCUT2D eigenvalue weighted by Crippen LogP contribution is -2.08. The Balaban J connectivity index is 3.08. The van der Waals surface area contributed by atoms with Crippen molar-refractivity contribution in [3.63, 3.8) is 0 Å². The molecule has 0 aliphatic heterocycles. The van der Waals surface area contributed by atoms with Gasteiger partial charge in [-0.25, -0.2) is 4.79 Å². The molecule has 0 bridgehead atoms. The maximum Gasteiger partial charge on any atom is 0.356 e. The fourth-order valence-corrected chi connectivity index (χ4v) is 0.744. The standard InChI is InChI=1S/C7H9N3O3/c1-12-6(11)4-3-5(8)10-7(9-4)13-2/h3H,1-2H3,(H2,8,9,10). The van der Waals surface area contributed by atoms with E-state index in [0.717, 1.165) is 0 Å². The van der Waals surface area contributed by atoms with Crippen LogP contribution < -0.4 is 10.5 Å². The van der Waals surface area contributed by atoms with E-state index < -0.39 is 5.97 Å². The number of esters is 1. The lowest BCUT2D eigenvalue weighted by molar-refractivity contribution is 0.0592. The SMILES string of the molecule is COC(=O)c1cc(N)nc(OC)n1. The second-order valence-electron chi connectivity index (χ2n) is 2.16. The highest BCUT2D eigenvalue weighted by Gasteiger charge is 2.10. The van der Waals surface area contributed by atoms with Gasteiger partial charge in [0.15, 0.2) is 5.69 Å². The highest BCUT2D eigenvalue weighted by atomic mass is 16.5. The molecule has 0 aliphatic carbocycles. The van der Waals surface area contributed by atoms with E-state index in [2.05, 4.69) is 14.7 Å². The van der Waals surface area contributed by atoms with Crippen LogP contribution in [0.1, 0.15) is 10.5 Å². The van der Waals surface area contributed by atoms with Crippen LogP contribution in [0.25, 0.3) is 0 Å². The zero-order valence-electron chi connectivity index (χ0n) is 7.27. The predicted molar refractivity (Wildman–Crippen MR) is 44.3 cm³/mol. The number of carbonyl (C=O) groups is 1. The molecule has 1 aromatic rings. The van der Waals surface area contributed by atoms with Crippen molar-refractivity contribution in [1.82, 2.24) is 9.97 Å². The van der Waals surface area contributed by atoms with Crippen molar-refractivity contribution < 1.29 is 14.3 Å². The number of aromatic nitrogens is 2. The Morgan fingerprint density at radius 2 is 2.15 bits per heavy atom. The molecule has 1 heterocycles. The fourth-order valence-electron chi connectivity index (χ4n) is 0.744. The van der Waals surface area contributed by atoms with Crippen LogP contribution in [0, 0.1) is 0 Å². The second-order valence-corrected chi connectivity index (χ2v) is 2.16. The third kappa shape index (κ3) is 2.05. The van der Waals surface area contributed by atoms with E-state index in [1.165, 1.54) is 20.3 Å². The second kappa shape index (κ2) is 3.70. The number of carbonyl (C=O) groups excluding carboxylic acids is 1. The van der Waals surface area contributed by atoms with E-state index in [1.54, 1.807) is 0 Å². The Kier molecular flexibility index (Phi) is 2.63. The van der Waals surface area contributed by atoms with Gasteiger partial charge in [0.05, 0.1) is 14.2 Å². The Hall–Kier alpha value is -1.85. The highest BCUT2D eigenvalue weighted by molar-refractivity contribution is 5.87. The molecular weight excluding hydrogens is 174 g/mol. The molecule has 2 N–H and O–H groups in total. The average Bonchev–Trinajstić information content (AvgIpc) is 2.15. The molecule has 0 saturated heterocycles. The number of nitrogen functional groups attached to an aromatic ring is 1. The first kappa shape index (κ1) is 9.24. The highest BCUT2D eigenvalue weighted by Crippen LogP contribution is 2.08. The van der Waals surface area contributed by atoms with Crippen LogP contribution >= 0.6 is 0 Å². The quantitative estimate of drug-likeness (QED) is 0.642. The average molecular weight is 183 g/mol. The van der Waals surface area contributed by atoms with Crippen molar-refractivity contribution in [2.45, 2.75) is 0 Å². The number of hydrogen-bond donors (Lipinski definition) is 1. The van der Waals surface area contributed by atoms with E-state index in [0.29, 0.717) is 0 Å². The van der Waals surface area contributed by atoms with Crippen molar-refractivity contribution in [3.05, 3.63) is 11.8 Å². The van der Waals surface area contributed by atoms with E-state index in [9.17, 15) is 4.79 Å². The van der Waals surface area contributed by atoms with Gasteiger partial charge < -0.3 is 15.2 Å². The maximum atomic E-state index is 11.0. The lowest BCUT2D eigenvalue weighted by Gasteiger charge is -2.02. The molecule has 0 saturated carbocycles. The first-order valence-electron chi connectivity index (χ1n) is 3.44. The van der Waals surface area contributed by atoms with Crippen LogP contribution in [-0.2, 0) is 4.74 Å². The van der Waals surface area contributed by atoms with Gasteiger partial charge in [0.2, 0.25) is 0 Å². The van der Waals surface area contributed by atoms with Crippen molar-refractivity contribution in [1.29, 1.82) is 0 Å². The summed E-state index contributed by atoms with van der Waals surface area (Å²) in [6.07, 6.45) is 0. The number of nitrogens with two attached hydrogens (primary N) is 1. The van der Waals surface area contributed by atoms with Crippen LogP contribution in [-0.4, -0.2) is 30.2 Å². The van der Waals surface area contributed by atoms with Gasteiger partial charge in [-0.2, -0.15) is 9.97 Å². The molecule has 1 aromatic heterocycles. The summed E-state index contributed by atoms with van der Waals surface area (Å²) in [5, 5.41) is 0. The molecule has 0 radical (unpaired) electrons. The first-order valence-corrected chi connectivity index (χ1v) is 3.44. The van der Waals surface area contributed by atoms with Gasteiger partial charge in [0, 0.05) is 6.07 Å². The minimum absolute atomic E-state index is 0.0420. The first-order chi connectivity index (χ1) is 6.17. The number of methoxy groups -OCH3 is 2. The Morgan fingerprint density at radius 1 is 1.46 bits per heavy atom. The van der Waals surface area contributed by atoms with Crippen LogP contribution in [0.3, 0.4) is 0 Å². The number of ether oxygens (including phenoxy) is 2. The molecule has 6 nitrogen and oxygen atoms in total. The Labute approximate surface area is 74.7 Å². The van der Waals surface area contributed by atoms with E-state index >= 15 is 0 Å². The summed E-state index contributed by atoms with van der Waals surface area (Å²) in [6.45, 7) is 0. The summed E-state index contributed by atoms with van der Waals surface area (Å²) < 4.78 is 9.17. The third-order valence-electron chi connectivity index (χ3n) is 1.30. The minimum Gasteiger partial charge on any atom is -0.467 e. The van der Waals surface area contributed by atoms with Crippen molar-refractivity contribution in [2.24, 2.45) is 0 Å². The molecule has 0 spiro atoms. The van der Waals surface area contributed by atoms with Gasteiger partial charge in [-0.3, -0.25) is 0 Å². The number of nitrogens with zero attached hydrogens (tertiary/aromatic N) is 2. The predicted octanol–water partition coefficient (Wildman–Crippen LogP) is -0.146. The molecule has 0 fully saturated rings. The summed E-state index contributed by atoms with van der Waals surface area (Å²) >= 11 is 0. The molecule has 1 rings (SSSR count). The summed E-state index contributed by atoms with van der Waals surface area (Å²) in [5.41, 5.74) is 5.46. The number of hydrogen-bond acceptors (Lipinski definition) is 6. The van der Waals surface area contributed by atoms with Gasteiger partial charge in [-0.1, -0.05) is 0 Å². The molecule has 0 unspecified atom stereocenters. The zero-order valence-corrected chi connectivity index (χ0v) is 7.27. The number of rotatable bonds is 2. The van der Waals surface area contributed by atoms with Gasteiger partial charge in [-0.05, 0) is 0 Å². The summed E-state index contributed by atoms with van der Waals surface area (Å²) in [5.74, 6) is -0.417. The van der Waals surface area contributed by atoms with Crippen LogP contribution in [0.2, 0.25) is 0 Å². The summed E-state index contributed by atoms with van der Waals surface area (Å²) in [6, 6.07) is 1.36. The normalized spacial score (nSPS) is 9.38. The smallest absolute Gasteiger partial charge is 0.356 e. The molecule has 0 amide bonds. The fraction of sp³-hybridized carbons (Fsp3) is 0.286. The maximum absolute atomic E-state index is 11.0. The van der Waals surface area contributed by atoms with Crippen molar-refractivity contribution in [2.75, 3.05) is 20.0 Å². The van der Waals surface area contributed by atoms with Gasteiger partial charge in [-0.15, -0.1) is 0 Å². The van der Waals surface area contributed by atoms with Gasteiger partial charge >= 0.3 is 12.0 Å². The molecule has 0 atom stereocenters. The van der Waals surface area contributed by atoms with E-state index in [1.807, 2.05) is 0 Å². The minimum atomic E-state index is -0.576. The lowest BCUT2D eigenvalue weighted by atomic mass is 10.4. The largest absolute Gasteiger partial charge is 0.467 e. The summed E-state index contributed by atoms with van der Waals surface area (Å²) in [7, 11) is 2.64. The van der Waals surface area contributed by atoms with E-state index in [-0.39, 0.29) is 17.5 Å². The summed E-state index contributed by atoms with van der Waals surface area (Å²) in [4.78, 5) is 18.5. The molecule has 70 valence electrons. The Bertz CT molecular complexity index is 327. The van der Waals surface area contributed by atoms with E-state index in [4.69, 9.17) is 10.5 Å². The van der Waals surface area contributed by atoms with Crippen LogP contribution in [0.15, 0.2) is 6.07 Å². The topological polar surface area (TPSA) is 87.3 Å². The van der Waals surface area contributed by atoms with Crippen molar-refractivity contribution in [3.8, 4) is 6.01 Å². The van der Waals surface area contributed by atoms with Crippen LogP contribution in [0.5, 0.6) is 6.01 Å². The molecular formula is C7H9N3O3. The molecule has 0 aromatic carbocycles. The third-order valence-corrected chi connectivity index (χ3v) is 1.30. The molecule has 0 aliphatic rings. The van der Waals surface area contributed by atoms with Gasteiger partial charge in [0.1, 0.15) is 5.82 Å². The molecule has 13 heavy (non-hydrogen) atoms. The monoisotopic (exact) mass is 183 g/mol. The zero-order chi connectivity index (χ0) is 9.84.